The molecule has 1 saturated carbocycles. The summed E-state index contributed by atoms with van der Waals surface area (Å²) in [7, 11) is 1.68. The van der Waals surface area contributed by atoms with Gasteiger partial charge in [0.2, 0.25) is 5.90 Å². The number of aliphatic imine (C=N–C) groups is 1. The highest BCUT2D eigenvalue weighted by atomic mass is 16.5. The van der Waals surface area contributed by atoms with Gasteiger partial charge in [0, 0.05) is 6.08 Å². The van der Waals surface area contributed by atoms with E-state index in [1.54, 1.807) is 7.11 Å². The largest absolute Gasteiger partial charge is 0.493 e. The quantitative estimate of drug-likeness (QED) is 0.708. The molecular formula is C23H25NO3. The van der Waals surface area contributed by atoms with Crippen LogP contribution in [-0.4, -0.2) is 25.7 Å². The lowest BCUT2D eigenvalue weighted by Gasteiger charge is -2.16. The van der Waals surface area contributed by atoms with Gasteiger partial charge in [-0.15, -0.1) is 0 Å². The van der Waals surface area contributed by atoms with E-state index in [4.69, 9.17) is 14.2 Å². The fourth-order valence-corrected chi connectivity index (χ4v) is 3.57. The Bertz CT molecular complexity index is 823. The average Bonchev–Trinajstić information content (AvgIpc) is 3.39. The fraction of sp³-hybridized carbons (Fsp3) is 0.348. The Kier molecular flexibility index (Phi) is 5.42. The van der Waals surface area contributed by atoms with Gasteiger partial charge in [0.05, 0.1) is 13.2 Å². The van der Waals surface area contributed by atoms with Crippen LogP contribution in [0.4, 0.5) is 0 Å². The Balaban J connectivity index is 1.47. The third kappa shape index (κ3) is 4.33. The molecule has 1 fully saturated rings. The van der Waals surface area contributed by atoms with Crippen molar-refractivity contribution in [3.63, 3.8) is 0 Å². The lowest BCUT2D eigenvalue weighted by Crippen LogP contribution is -2.11. The van der Waals surface area contributed by atoms with Gasteiger partial charge in [-0.05, 0) is 55.0 Å². The summed E-state index contributed by atoms with van der Waals surface area (Å²) in [5.41, 5.74) is 2.22. The van der Waals surface area contributed by atoms with Gasteiger partial charge >= 0.3 is 0 Å². The Morgan fingerprint density at radius 3 is 2.59 bits per heavy atom. The van der Waals surface area contributed by atoms with Crippen LogP contribution in [0.15, 0.2) is 59.6 Å². The molecule has 0 amide bonds. The zero-order chi connectivity index (χ0) is 18.5. The maximum Gasteiger partial charge on any atom is 0.209 e. The first-order valence-corrected chi connectivity index (χ1v) is 9.60. The summed E-state index contributed by atoms with van der Waals surface area (Å²) < 4.78 is 17.4. The number of benzene rings is 2. The topological polar surface area (TPSA) is 40.0 Å². The van der Waals surface area contributed by atoms with E-state index >= 15 is 0 Å². The van der Waals surface area contributed by atoms with Crippen molar-refractivity contribution in [2.75, 3.05) is 13.7 Å². The van der Waals surface area contributed by atoms with E-state index in [9.17, 15) is 0 Å². The number of ether oxygens (including phenoxy) is 3. The zero-order valence-corrected chi connectivity index (χ0v) is 15.6. The second kappa shape index (κ2) is 8.30. The summed E-state index contributed by atoms with van der Waals surface area (Å²) in [4.78, 5) is 4.66. The molecule has 1 atom stereocenters. The molecule has 2 aliphatic rings. The lowest BCUT2D eigenvalue weighted by atomic mass is 10.1. The summed E-state index contributed by atoms with van der Waals surface area (Å²) in [6, 6.07) is 16.3. The van der Waals surface area contributed by atoms with Crippen molar-refractivity contribution < 1.29 is 14.2 Å². The van der Waals surface area contributed by atoms with Crippen molar-refractivity contribution in [2.45, 2.75) is 37.8 Å². The summed E-state index contributed by atoms with van der Waals surface area (Å²) in [5, 5.41) is 0. The van der Waals surface area contributed by atoms with Gasteiger partial charge in [-0.25, -0.2) is 4.99 Å². The third-order valence-corrected chi connectivity index (χ3v) is 5.06. The highest BCUT2D eigenvalue weighted by Gasteiger charge is 2.20. The smallest absolute Gasteiger partial charge is 0.209 e. The second-order valence-corrected chi connectivity index (χ2v) is 6.97. The maximum absolute atomic E-state index is 6.16. The third-order valence-electron chi connectivity index (χ3n) is 5.06. The molecule has 0 saturated heterocycles. The van der Waals surface area contributed by atoms with E-state index in [1.165, 1.54) is 18.4 Å². The average molecular weight is 363 g/mol. The molecule has 1 aliphatic carbocycles. The van der Waals surface area contributed by atoms with E-state index in [2.05, 4.69) is 17.1 Å². The normalized spacial score (nSPS) is 19.9. The van der Waals surface area contributed by atoms with E-state index in [0.717, 1.165) is 29.9 Å². The van der Waals surface area contributed by atoms with Crippen molar-refractivity contribution >= 4 is 12.0 Å². The first-order chi connectivity index (χ1) is 13.3. The van der Waals surface area contributed by atoms with Gasteiger partial charge in [0.15, 0.2) is 11.5 Å². The number of methoxy groups -OCH3 is 1. The van der Waals surface area contributed by atoms with Crippen LogP contribution in [0.5, 0.6) is 11.5 Å². The molecule has 0 bridgehead atoms. The number of hydrogen-bond donors (Lipinski definition) is 0. The monoisotopic (exact) mass is 363 g/mol. The minimum Gasteiger partial charge on any atom is -0.493 e. The molecule has 0 spiro atoms. The Morgan fingerprint density at radius 1 is 1.00 bits per heavy atom. The summed E-state index contributed by atoms with van der Waals surface area (Å²) in [5.74, 6) is 2.25. The van der Waals surface area contributed by atoms with Crippen LogP contribution in [0.1, 0.15) is 42.9 Å². The van der Waals surface area contributed by atoms with Crippen LogP contribution in [0.2, 0.25) is 0 Å². The maximum atomic E-state index is 6.16. The predicted octanol–water partition coefficient (Wildman–Crippen LogP) is 5.20. The zero-order valence-electron chi connectivity index (χ0n) is 15.6. The minimum atomic E-state index is 0.0722. The highest BCUT2D eigenvalue weighted by Crippen LogP contribution is 2.33. The van der Waals surface area contributed by atoms with E-state index in [0.29, 0.717) is 18.6 Å². The summed E-state index contributed by atoms with van der Waals surface area (Å²) in [6.45, 7) is 0.586. The lowest BCUT2D eigenvalue weighted by molar-refractivity contribution is 0.201. The molecule has 0 N–H and O–H groups in total. The van der Waals surface area contributed by atoms with Crippen LogP contribution >= 0.6 is 0 Å². The van der Waals surface area contributed by atoms with Crippen LogP contribution in [0.25, 0.3) is 6.08 Å². The number of rotatable bonds is 6. The second-order valence-electron chi connectivity index (χ2n) is 6.97. The molecular weight excluding hydrogens is 338 g/mol. The van der Waals surface area contributed by atoms with Gasteiger partial charge in [-0.2, -0.15) is 0 Å². The number of nitrogens with zero attached hydrogens (tertiary/aromatic N) is 1. The molecule has 0 unspecified atom stereocenters. The van der Waals surface area contributed by atoms with Crippen molar-refractivity contribution in [1.29, 1.82) is 0 Å². The van der Waals surface area contributed by atoms with Crippen molar-refractivity contribution in [2.24, 2.45) is 4.99 Å². The van der Waals surface area contributed by atoms with Gasteiger partial charge < -0.3 is 14.2 Å². The van der Waals surface area contributed by atoms with Crippen LogP contribution in [0, 0.1) is 0 Å². The summed E-state index contributed by atoms with van der Waals surface area (Å²) in [6.07, 6.45) is 8.95. The van der Waals surface area contributed by atoms with E-state index < -0.39 is 0 Å². The van der Waals surface area contributed by atoms with Gasteiger partial charge in [-0.3, -0.25) is 0 Å². The highest BCUT2D eigenvalue weighted by molar-refractivity contribution is 5.93. The first kappa shape index (κ1) is 17.7. The Labute approximate surface area is 160 Å². The molecule has 2 aromatic rings. The Hall–Kier alpha value is -2.75. The van der Waals surface area contributed by atoms with Crippen molar-refractivity contribution in [1.82, 2.24) is 0 Å². The number of hydrogen-bond acceptors (Lipinski definition) is 4. The molecule has 4 rings (SSSR count). The van der Waals surface area contributed by atoms with E-state index in [-0.39, 0.29) is 6.04 Å². The van der Waals surface area contributed by atoms with Gasteiger partial charge in [0.25, 0.3) is 0 Å². The fourth-order valence-electron chi connectivity index (χ4n) is 3.57. The molecule has 4 heteroatoms. The SMILES string of the molecule is COc1ccc(/C=C/C2=N[C@H](c3ccccc3)CO2)cc1OC1CCCC1. The minimum absolute atomic E-state index is 0.0722. The van der Waals surface area contributed by atoms with Crippen LogP contribution in [0.3, 0.4) is 0 Å². The predicted molar refractivity (Wildman–Crippen MR) is 107 cm³/mol. The molecule has 0 radical (unpaired) electrons. The molecule has 4 nitrogen and oxygen atoms in total. The van der Waals surface area contributed by atoms with Crippen molar-refractivity contribution in [3.05, 3.63) is 65.7 Å². The van der Waals surface area contributed by atoms with E-state index in [1.807, 2.05) is 48.6 Å². The van der Waals surface area contributed by atoms with Gasteiger partial charge in [-0.1, -0.05) is 36.4 Å². The molecule has 1 aliphatic heterocycles. The van der Waals surface area contributed by atoms with Crippen LogP contribution < -0.4 is 9.47 Å². The molecule has 140 valence electrons. The van der Waals surface area contributed by atoms with Crippen LogP contribution in [-0.2, 0) is 4.74 Å². The molecule has 0 aromatic heterocycles. The standard InChI is InChI=1S/C23H25NO3/c1-25-21-13-11-17(15-22(21)27-19-9-5-6-10-19)12-14-23-24-20(16-26-23)18-7-3-2-4-8-18/h2-4,7-8,11-15,19-20H,5-6,9-10,16H2,1H3/b14-12+/t20-/m0/s1. The Morgan fingerprint density at radius 2 is 1.81 bits per heavy atom. The molecule has 2 aromatic carbocycles. The van der Waals surface area contributed by atoms with Crippen molar-refractivity contribution in [3.8, 4) is 11.5 Å². The molecule has 27 heavy (non-hydrogen) atoms. The van der Waals surface area contributed by atoms with Gasteiger partial charge in [0.1, 0.15) is 12.6 Å². The molecule has 1 heterocycles. The summed E-state index contributed by atoms with van der Waals surface area (Å²) >= 11 is 0. The first-order valence-electron chi connectivity index (χ1n) is 9.60.